The number of hydrogen-bond donors (Lipinski definition) is 2. The maximum Gasteiger partial charge on any atom is 0.334 e. The number of nitrogens with zero attached hydrogens (tertiary/aromatic N) is 1. The minimum absolute atomic E-state index is 0.139. The molecule has 0 radical (unpaired) electrons. The van der Waals surface area contributed by atoms with Gasteiger partial charge in [-0.3, -0.25) is 14.5 Å². The van der Waals surface area contributed by atoms with Crippen LogP contribution in [0.4, 0.5) is 5.69 Å². The number of carboxylic acid groups (broad SMARTS) is 1. The Hall–Kier alpha value is -2.61. The van der Waals surface area contributed by atoms with E-state index >= 15 is 0 Å². The van der Waals surface area contributed by atoms with E-state index in [-0.39, 0.29) is 25.6 Å². The van der Waals surface area contributed by atoms with E-state index in [4.69, 9.17) is 14.6 Å². The lowest BCUT2D eigenvalue weighted by atomic mass is 10.2. The lowest BCUT2D eigenvalue weighted by Gasteiger charge is -2.28. The maximum absolute atomic E-state index is 11.9. The van der Waals surface area contributed by atoms with Crippen LogP contribution in [0, 0.1) is 0 Å². The third kappa shape index (κ3) is 3.53. The lowest BCUT2D eigenvalue weighted by Crippen LogP contribution is -2.47. The van der Waals surface area contributed by atoms with Gasteiger partial charge < -0.3 is 19.9 Å². The summed E-state index contributed by atoms with van der Waals surface area (Å²) in [7, 11) is 1.24. The minimum atomic E-state index is -1.17. The van der Waals surface area contributed by atoms with Gasteiger partial charge in [0.2, 0.25) is 5.91 Å². The monoisotopic (exact) mass is 308 g/mol. The van der Waals surface area contributed by atoms with Gasteiger partial charge in [0, 0.05) is 7.11 Å². The summed E-state index contributed by atoms with van der Waals surface area (Å²) in [5, 5.41) is 11.3. The zero-order valence-electron chi connectivity index (χ0n) is 11.9. The van der Waals surface area contributed by atoms with E-state index in [1.165, 1.54) is 12.0 Å². The molecule has 22 heavy (non-hydrogen) atoms. The fourth-order valence-electron chi connectivity index (χ4n) is 2.00. The van der Waals surface area contributed by atoms with Crippen molar-refractivity contribution in [1.82, 2.24) is 5.32 Å². The zero-order chi connectivity index (χ0) is 16.1. The van der Waals surface area contributed by atoms with E-state index in [2.05, 4.69) is 5.32 Å². The summed E-state index contributed by atoms with van der Waals surface area (Å²) < 4.78 is 9.99. The van der Waals surface area contributed by atoms with Gasteiger partial charge in [-0.15, -0.1) is 0 Å². The number of ether oxygens (including phenoxy) is 2. The molecule has 0 bridgehead atoms. The number of fused-ring (bicyclic) bond motifs is 1. The number of para-hydroxylation sites is 2. The van der Waals surface area contributed by atoms with E-state index in [0.717, 1.165) is 0 Å². The number of aliphatic carboxylic acids is 1. The second-order valence-electron chi connectivity index (χ2n) is 4.60. The third-order valence-corrected chi connectivity index (χ3v) is 3.15. The van der Waals surface area contributed by atoms with Crippen LogP contribution >= 0.6 is 0 Å². The Morgan fingerprint density at radius 2 is 2.18 bits per heavy atom. The third-order valence-electron chi connectivity index (χ3n) is 3.15. The number of benzene rings is 1. The number of hydrogen-bond acceptors (Lipinski definition) is 5. The molecule has 0 saturated heterocycles. The average Bonchev–Trinajstić information content (AvgIpc) is 2.50. The molecular formula is C14H16N2O6. The van der Waals surface area contributed by atoms with E-state index in [1.54, 1.807) is 24.3 Å². The maximum atomic E-state index is 11.9. The van der Waals surface area contributed by atoms with Gasteiger partial charge in [-0.2, -0.15) is 0 Å². The van der Waals surface area contributed by atoms with Crippen molar-refractivity contribution in [3.8, 4) is 5.75 Å². The highest BCUT2D eigenvalue weighted by Crippen LogP contribution is 2.30. The Morgan fingerprint density at radius 3 is 2.86 bits per heavy atom. The van der Waals surface area contributed by atoms with Crippen molar-refractivity contribution in [3.63, 3.8) is 0 Å². The van der Waals surface area contributed by atoms with Gasteiger partial charge in [-0.1, -0.05) is 12.1 Å². The first kappa shape index (κ1) is 15.8. The van der Waals surface area contributed by atoms with E-state index in [9.17, 15) is 14.4 Å². The summed E-state index contributed by atoms with van der Waals surface area (Å²) in [5.41, 5.74) is 0.510. The van der Waals surface area contributed by atoms with Crippen LogP contribution < -0.4 is 15.0 Å². The molecule has 0 aromatic heterocycles. The highest BCUT2D eigenvalue weighted by Gasteiger charge is 2.27. The van der Waals surface area contributed by atoms with Crippen molar-refractivity contribution in [3.05, 3.63) is 24.3 Å². The fourth-order valence-corrected chi connectivity index (χ4v) is 2.00. The molecule has 1 aromatic rings. The first-order valence-corrected chi connectivity index (χ1v) is 6.57. The van der Waals surface area contributed by atoms with Gasteiger partial charge in [0.05, 0.1) is 12.2 Å². The predicted octanol–water partition coefficient (Wildman–Crippen LogP) is -0.372. The summed E-state index contributed by atoms with van der Waals surface area (Å²) in [4.78, 5) is 35.9. The summed E-state index contributed by atoms with van der Waals surface area (Å²) in [6.07, 6.45) is -1.13. The number of rotatable bonds is 6. The molecule has 1 atom stereocenters. The van der Waals surface area contributed by atoms with E-state index < -0.39 is 18.0 Å². The second-order valence-corrected chi connectivity index (χ2v) is 4.60. The molecule has 0 spiro atoms. The summed E-state index contributed by atoms with van der Waals surface area (Å²) in [6, 6.07) is 6.88. The Balaban J connectivity index is 1.99. The number of carbonyl (C=O) groups excluding carboxylic acids is 2. The van der Waals surface area contributed by atoms with Gasteiger partial charge in [0.25, 0.3) is 5.91 Å². The molecule has 2 N–H and O–H groups in total. The molecule has 1 heterocycles. The Labute approximate surface area is 126 Å². The van der Waals surface area contributed by atoms with Gasteiger partial charge in [-0.05, 0) is 12.1 Å². The summed E-state index contributed by atoms with van der Waals surface area (Å²) >= 11 is 0. The first-order chi connectivity index (χ1) is 10.5. The molecule has 0 saturated carbocycles. The number of carbonyl (C=O) groups is 3. The second kappa shape index (κ2) is 6.90. The highest BCUT2D eigenvalue weighted by atomic mass is 16.5. The molecule has 118 valence electrons. The van der Waals surface area contributed by atoms with Crippen molar-refractivity contribution >= 4 is 23.5 Å². The zero-order valence-corrected chi connectivity index (χ0v) is 11.9. The predicted molar refractivity (Wildman–Crippen MR) is 75.7 cm³/mol. The molecule has 1 unspecified atom stereocenters. The van der Waals surface area contributed by atoms with Crippen LogP contribution in [0.2, 0.25) is 0 Å². The number of carboxylic acids is 1. The topological polar surface area (TPSA) is 105 Å². The number of nitrogens with one attached hydrogen (secondary N) is 1. The van der Waals surface area contributed by atoms with Gasteiger partial charge in [-0.25, -0.2) is 4.79 Å². The summed E-state index contributed by atoms with van der Waals surface area (Å²) in [6.45, 7) is -0.528. The Kier molecular flexibility index (Phi) is 4.95. The number of anilines is 1. The first-order valence-electron chi connectivity index (χ1n) is 6.57. The molecule has 1 aliphatic rings. The Bertz CT molecular complexity index is 588. The molecule has 8 heteroatoms. The normalized spacial score (nSPS) is 14.8. The van der Waals surface area contributed by atoms with E-state index in [1.807, 2.05) is 0 Å². The lowest BCUT2D eigenvalue weighted by molar-refractivity contribution is -0.148. The highest BCUT2D eigenvalue weighted by molar-refractivity contribution is 6.02. The molecule has 8 nitrogen and oxygen atoms in total. The molecule has 2 rings (SSSR count). The van der Waals surface area contributed by atoms with Crippen LogP contribution in [0.15, 0.2) is 24.3 Å². The van der Waals surface area contributed by atoms with E-state index in [0.29, 0.717) is 11.4 Å². The molecule has 0 aliphatic carbocycles. The van der Waals surface area contributed by atoms with Crippen molar-refractivity contribution in [2.45, 2.75) is 6.10 Å². The van der Waals surface area contributed by atoms with Crippen molar-refractivity contribution in [2.75, 3.05) is 31.7 Å². The van der Waals surface area contributed by atoms with Crippen LogP contribution in [0.1, 0.15) is 0 Å². The largest absolute Gasteiger partial charge is 0.482 e. The molecule has 2 amide bonds. The molecule has 0 fully saturated rings. The van der Waals surface area contributed by atoms with Crippen LogP contribution in [-0.2, 0) is 19.1 Å². The Morgan fingerprint density at radius 1 is 1.45 bits per heavy atom. The molecule has 1 aromatic carbocycles. The van der Waals surface area contributed by atoms with Crippen LogP contribution in [0.5, 0.6) is 5.75 Å². The van der Waals surface area contributed by atoms with Gasteiger partial charge in [0.15, 0.2) is 12.7 Å². The molecule has 1 aliphatic heterocycles. The van der Waals surface area contributed by atoms with Gasteiger partial charge >= 0.3 is 5.97 Å². The number of amides is 2. The van der Waals surface area contributed by atoms with Crippen molar-refractivity contribution < 1.29 is 29.0 Å². The molecular weight excluding hydrogens is 292 g/mol. The minimum Gasteiger partial charge on any atom is -0.482 e. The van der Waals surface area contributed by atoms with Crippen LogP contribution in [-0.4, -0.2) is 55.8 Å². The van der Waals surface area contributed by atoms with Crippen LogP contribution in [0.25, 0.3) is 0 Å². The fraction of sp³-hybridized carbons (Fsp3) is 0.357. The number of methoxy groups -OCH3 is 1. The van der Waals surface area contributed by atoms with Crippen LogP contribution in [0.3, 0.4) is 0 Å². The quantitative estimate of drug-likeness (QED) is 0.743. The standard InChI is InChI=1S/C14H16N2O6/c1-21-11(14(19)20)6-15-12(17)7-16-9-4-2-3-5-10(9)22-8-13(16)18/h2-5,11H,6-8H2,1H3,(H,15,17)(H,19,20). The van der Waals surface area contributed by atoms with Gasteiger partial charge in [0.1, 0.15) is 12.3 Å². The average molecular weight is 308 g/mol. The summed E-state index contributed by atoms with van der Waals surface area (Å²) in [5.74, 6) is -1.46. The van der Waals surface area contributed by atoms with Crippen molar-refractivity contribution in [1.29, 1.82) is 0 Å². The SMILES string of the molecule is COC(CNC(=O)CN1C(=O)COc2ccccc21)C(=O)O. The van der Waals surface area contributed by atoms with Crippen molar-refractivity contribution in [2.24, 2.45) is 0 Å². The smallest absolute Gasteiger partial charge is 0.334 e.